The minimum Gasteiger partial charge on any atom is -0.481 e. The van der Waals surface area contributed by atoms with E-state index in [-0.39, 0.29) is 6.54 Å². The van der Waals surface area contributed by atoms with Crippen LogP contribution in [0.25, 0.3) is 16.6 Å². The Morgan fingerprint density at radius 1 is 1.07 bits per heavy atom. The van der Waals surface area contributed by atoms with Gasteiger partial charge in [0.25, 0.3) is 0 Å². The van der Waals surface area contributed by atoms with Crippen molar-refractivity contribution in [3.63, 3.8) is 0 Å². The summed E-state index contributed by atoms with van der Waals surface area (Å²) in [6, 6.07) is 12.7. The van der Waals surface area contributed by atoms with Crippen LogP contribution < -0.4 is 15.0 Å². The molecule has 2 bridgehead atoms. The van der Waals surface area contributed by atoms with Gasteiger partial charge in [0.2, 0.25) is 5.88 Å². The quantitative estimate of drug-likeness (QED) is 0.356. The van der Waals surface area contributed by atoms with Gasteiger partial charge >= 0.3 is 6.18 Å². The third-order valence-corrected chi connectivity index (χ3v) is 7.54. The molecule has 3 aliphatic heterocycles. The van der Waals surface area contributed by atoms with E-state index in [1.807, 2.05) is 24.4 Å². The first kappa shape index (κ1) is 26.0. The van der Waals surface area contributed by atoms with Crippen molar-refractivity contribution < 1.29 is 17.9 Å². The first-order valence-electron chi connectivity index (χ1n) is 12.9. The van der Waals surface area contributed by atoms with Gasteiger partial charge in [-0.25, -0.2) is 14.5 Å². The number of piperidine rings is 1. The molecule has 0 saturated carbocycles. The Morgan fingerprint density at radius 3 is 2.55 bits per heavy atom. The zero-order valence-corrected chi connectivity index (χ0v) is 21.8. The molecule has 0 spiro atoms. The lowest BCUT2D eigenvalue weighted by Crippen LogP contribution is -2.68. The number of hydrogen-bond donors (Lipinski definition) is 1. The summed E-state index contributed by atoms with van der Waals surface area (Å²) >= 11 is 0. The summed E-state index contributed by atoms with van der Waals surface area (Å²) in [6.45, 7) is 1.51. The van der Waals surface area contributed by atoms with Crippen molar-refractivity contribution in [3.05, 3.63) is 71.8 Å². The van der Waals surface area contributed by atoms with Crippen molar-refractivity contribution in [3.8, 4) is 23.1 Å². The van der Waals surface area contributed by atoms with Crippen LogP contribution in [0.5, 0.6) is 5.88 Å². The maximum atomic E-state index is 12.6. The van der Waals surface area contributed by atoms with E-state index >= 15 is 0 Å². The molecule has 3 fully saturated rings. The monoisotopic (exact) mass is 548 g/mol. The smallest absolute Gasteiger partial charge is 0.401 e. The molecule has 4 aromatic rings. The molecule has 2 unspecified atom stereocenters. The fraction of sp³-hybridized carbons (Fsp3) is 0.357. The summed E-state index contributed by atoms with van der Waals surface area (Å²) in [6.07, 6.45) is 3.57. The number of halogens is 3. The summed E-state index contributed by atoms with van der Waals surface area (Å²) in [5, 5.41) is 16.3. The number of ether oxygens (including phenoxy) is 1. The first-order chi connectivity index (χ1) is 19.3. The zero-order valence-electron chi connectivity index (χ0n) is 21.8. The van der Waals surface area contributed by atoms with E-state index in [1.54, 1.807) is 25.6 Å². The van der Waals surface area contributed by atoms with Crippen LogP contribution in [0.15, 0.2) is 55.1 Å². The molecule has 7 rings (SSSR count). The van der Waals surface area contributed by atoms with Crippen molar-refractivity contribution in [1.82, 2.24) is 29.8 Å². The van der Waals surface area contributed by atoms with Crippen LogP contribution in [0.2, 0.25) is 0 Å². The van der Waals surface area contributed by atoms with Crippen molar-refractivity contribution in [2.24, 2.45) is 0 Å². The summed E-state index contributed by atoms with van der Waals surface area (Å²) in [4.78, 5) is 13.8. The molecular formula is C28H27F3N8O. The Kier molecular flexibility index (Phi) is 6.77. The van der Waals surface area contributed by atoms with Gasteiger partial charge in [-0.3, -0.25) is 4.90 Å². The highest BCUT2D eigenvalue weighted by atomic mass is 19.4. The second kappa shape index (κ2) is 10.4. The molecule has 0 aliphatic carbocycles. The number of pyridine rings is 3. The van der Waals surface area contributed by atoms with Gasteiger partial charge in [0.15, 0.2) is 0 Å². The fourth-order valence-electron chi connectivity index (χ4n) is 5.62. The number of rotatable bonds is 8. The number of aromatic nitrogens is 4. The maximum absolute atomic E-state index is 12.6. The van der Waals surface area contributed by atoms with Gasteiger partial charge in [0.05, 0.1) is 30.9 Å². The molecular weight excluding hydrogens is 521 g/mol. The minimum absolute atomic E-state index is 0.00928. The number of nitrogens with zero attached hydrogens (tertiary/aromatic N) is 7. The highest BCUT2D eigenvalue weighted by Crippen LogP contribution is 2.36. The lowest BCUT2D eigenvalue weighted by Gasteiger charge is -2.56. The van der Waals surface area contributed by atoms with Crippen LogP contribution in [-0.2, 0) is 13.1 Å². The molecule has 3 aliphatic rings. The van der Waals surface area contributed by atoms with E-state index in [4.69, 9.17) is 9.72 Å². The Morgan fingerprint density at radius 2 is 1.90 bits per heavy atom. The SMILES string of the molecule is COc1ccc(CN2C3CC2CN(c2ccc(-c4cc(CNCC(F)(F)F)cn5ncc(C#N)c45)cn2)C3)cn1. The topological polar surface area (TPSA) is 94.6 Å². The van der Waals surface area contributed by atoms with Gasteiger partial charge in [0, 0.05) is 74.0 Å². The zero-order chi connectivity index (χ0) is 27.9. The summed E-state index contributed by atoms with van der Waals surface area (Å²) < 4.78 is 44.6. The fourth-order valence-corrected chi connectivity index (χ4v) is 5.62. The van der Waals surface area contributed by atoms with Gasteiger partial charge in [-0.05, 0) is 35.7 Å². The van der Waals surface area contributed by atoms with E-state index in [0.29, 0.717) is 40.2 Å². The third-order valence-electron chi connectivity index (χ3n) is 7.54. The van der Waals surface area contributed by atoms with E-state index in [1.165, 1.54) is 10.7 Å². The number of fused-ring (bicyclic) bond motifs is 3. The largest absolute Gasteiger partial charge is 0.481 e. The van der Waals surface area contributed by atoms with Crippen molar-refractivity contribution >= 4 is 11.3 Å². The molecule has 40 heavy (non-hydrogen) atoms. The third kappa shape index (κ3) is 5.17. The normalized spacial score (nSPS) is 18.9. The number of nitriles is 1. The van der Waals surface area contributed by atoms with E-state index in [0.717, 1.165) is 43.0 Å². The highest BCUT2D eigenvalue weighted by Gasteiger charge is 2.44. The molecule has 9 nitrogen and oxygen atoms in total. The molecule has 206 valence electrons. The number of alkyl halides is 3. The minimum atomic E-state index is -4.30. The molecule has 0 amide bonds. The molecule has 0 aromatic carbocycles. The Balaban J connectivity index is 1.18. The average Bonchev–Trinajstić information content (AvgIpc) is 3.38. The van der Waals surface area contributed by atoms with E-state index in [9.17, 15) is 18.4 Å². The molecule has 3 saturated heterocycles. The molecule has 4 aromatic heterocycles. The standard InChI is InChI=1S/C28H27F3N8O/c1-40-26-5-2-18(10-35-26)13-38-22-7-23(38)16-37(15-22)25-4-3-20(11-34-25)24-6-19(9-33-17-28(29,30)31)14-39-27(24)21(8-32)12-36-39/h2-6,10-12,14,22-23,33H,7,9,13,15-17H2,1H3. The van der Waals surface area contributed by atoms with Crippen molar-refractivity contribution in [2.75, 3.05) is 31.6 Å². The van der Waals surface area contributed by atoms with Crippen molar-refractivity contribution in [1.29, 1.82) is 5.26 Å². The van der Waals surface area contributed by atoms with Crippen LogP contribution in [0.3, 0.4) is 0 Å². The maximum Gasteiger partial charge on any atom is 0.401 e. The van der Waals surface area contributed by atoms with Gasteiger partial charge < -0.3 is 15.0 Å². The van der Waals surface area contributed by atoms with Gasteiger partial charge in [-0.1, -0.05) is 6.07 Å². The van der Waals surface area contributed by atoms with Gasteiger partial charge in [-0.2, -0.15) is 23.5 Å². The van der Waals surface area contributed by atoms with E-state index < -0.39 is 12.7 Å². The van der Waals surface area contributed by atoms with Crippen LogP contribution >= 0.6 is 0 Å². The summed E-state index contributed by atoms with van der Waals surface area (Å²) in [7, 11) is 1.61. The Labute approximate surface area is 228 Å². The lowest BCUT2D eigenvalue weighted by molar-refractivity contribution is -0.125. The van der Waals surface area contributed by atoms with Crippen molar-refractivity contribution in [2.45, 2.75) is 37.8 Å². The second-order valence-corrected chi connectivity index (χ2v) is 10.2. The van der Waals surface area contributed by atoms with E-state index in [2.05, 4.69) is 37.3 Å². The molecule has 7 heterocycles. The lowest BCUT2D eigenvalue weighted by atomic mass is 9.87. The molecule has 0 radical (unpaired) electrons. The number of piperazine rings is 1. The summed E-state index contributed by atoms with van der Waals surface area (Å²) in [5.74, 6) is 1.48. The van der Waals surface area contributed by atoms with Crippen LogP contribution in [0.1, 0.15) is 23.1 Å². The van der Waals surface area contributed by atoms with Gasteiger partial charge in [0.1, 0.15) is 11.9 Å². The highest BCUT2D eigenvalue weighted by molar-refractivity contribution is 5.84. The van der Waals surface area contributed by atoms with Gasteiger partial charge in [-0.15, -0.1) is 0 Å². The molecule has 2 atom stereocenters. The molecule has 1 N–H and O–H groups in total. The summed E-state index contributed by atoms with van der Waals surface area (Å²) in [5.41, 5.74) is 4.22. The van der Waals surface area contributed by atoms with Crippen LogP contribution in [0, 0.1) is 11.3 Å². The first-order valence-corrected chi connectivity index (χ1v) is 12.9. The molecule has 12 heteroatoms. The van der Waals surface area contributed by atoms with Crippen LogP contribution in [-0.4, -0.2) is 69.5 Å². The Bertz CT molecular complexity index is 1530. The predicted octanol–water partition coefficient (Wildman–Crippen LogP) is 3.79. The number of nitrogens with one attached hydrogen (secondary N) is 1. The average molecular weight is 549 g/mol. The van der Waals surface area contributed by atoms with Crippen LogP contribution in [0.4, 0.5) is 19.0 Å². The number of hydrogen-bond acceptors (Lipinski definition) is 8. The Hall–Kier alpha value is -4.21. The second-order valence-electron chi connectivity index (χ2n) is 10.2. The number of anilines is 1. The number of methoxy groups -OCH3 is 1. The predicted molar refractivity (Wildman–Crippen MR) is 142 cm³/mol.